The van der Waals surface area contributed by atoms with E-state index in [1.54, 1.807) is 10.4 Å². The highest BCUT2D eigenvalue weighted by Crippen LogP contribution is 2.40. The summed E-state index contributed by atoms with van der Waals surface area (Å²) in [5, 5.41) is 7.03. The number of rotatable bonds is 7. The predicted octanol–water partition coefficient (Wildman–Crippen LogP) is 6.48. The third-order valence-corrected chi connectivity index (χ3v) is 7.89. The summed E-state index contributed by atoms with van der Waals surface area (Å²) >= 11 is 0. The zero-order chi connectivity index (χ0) is 29.0. The molecule has 1 saturated heterocycles. The molecule has 2 heterocycles. The third-order valence-electron chi connectivity index (χ3n) is 6.59. The van der Waals surface area contributed by atoms with E-state index < -0.39 is 15.9 Å². The summed E-state index contributed by atoms with van der Waals surface area (Å²) in [6, 6.07) is 2.12. The molecule has 38 heavy (non-hydrogen) atoms. The zero-order valence-electron chi connectivity index (χ0n) is 25.4. The van der Waals surface area contributed by atoms with Crippen molar-refractivity contribution in [1.29, 1.82) is 0 Å². The Balaban J connectivity index is 0.000000538. The number of carbonyl (C=O) groups excluding carboxylic acids is 1. The Hall–Kier alpha value is -1.45. The fourth-order valence-electron chi connectivity index (χ4n) is 4.17. The molecule has 0 unspecified atom stereocenters. The molecule has 3 N–H and O–H groups in total. The standard InChI is InChI=1S/C11H24N2O2S.C7H8N2O2.C7H14.2C2H6/c1-10(2)4-7-12-11-5-8-13(9-6-11)16(3,14)15;8-7(10)5-3-6(11-9-5)4-1-2-4;1-2-4-6-7-5-3-1;2*1-2/h10-12H,4-9H2,1-3H3;3-4H,1-2H2,(H2,8,10);1-7H2;2*1-2H3. The second-order valence-corrected chi connectivity index (χ2v) is 12.3. The number of nitrogens with two attached hydrogens (primary N) is 1. The number of aromatic nitrogens is 1. The van der Waals surface area contributed by atoms with Gasteiger partial charge in [0.1, 0.15) is 5.76 Å². The van der Waals surface area contributed by atoms with Crippen LogP contribution in [-0.2, 0) is 10.0 Å². The minimum atomic E-state index is -2.98. The predicted molar refractivity (Wildman–Crippen MR) is 159 cm³/mol. The van der Waals surface area contributed by atoms with Gasteiger partial charge in [0.15, 0.2) is 5.69 Å². The Bertz CT molecular complexity index is 795. The van der Waals surface area contributed by atoms with Crippen molar-refractivity contribution in [1.82, 2.24) is 14.8 Å². The van der Waals surface area contributed by atoms with Crippen molar-refractivity contribution in [3.63, 3.8) is 0 Å². The number of primary amides is 1. The molecule has 0 spiro atoms. The Morgan fingerprint density at radius 3 is 1.82 bits per heavy atom. The van der Waals surface area contributed by atoms with Gasteiger partial charge < -0.3 is 15.6 Å². The van der Waals surface area contributed by atoms with Gasteiger partial charge >= 0.3 is 0 Å². The van der Waals surface area contributed by atoms with Crippen LogP contribution in [0, 0.1) is 5.92 Å². The van der Waals surface area contributed by atoms with Crippen molar-refractivity contribution in [3.05, 3.63) is 17.5 Å². The van der Waals surface area contributed by atoms with Crippen molar-refractivity contribution >= 4 is 15.9 Å². The molecule has 0 bridgehead atoms. The lowest BCUT2D eigenvalue weighted by Crippen LogP contribution is -2.44. The Morgan fingerprint density at radius 2 is 1.47 bits per heavy atom. The highest BCUT2D eigenvalue weighted by Gasteiger charge is 2.28. The van der Waals surface area contributed by atoms with Gasteiger partial charge in [0.05, 0.1) is 6.26 Å². The van der Waals surface area contributed by atoms with E-state index in [1.807, 2.05) is 27.7 Å². The van der Waals surface area contributed by atoms with E-state index >= 15 is 0 Å². The lowest BCUT2D eigenvalue weighted by atomic mass is 10.1. The highest BCUT2D eigenvalue weighted by atomic mass is 32.2. The summed E-state index contributed by atoms with van der Waals surface area (Å²) in [6.45, 7) is 14.8. The van der Waals surface area contributed by atoms with Crippen molar-refractivity contribution in [3.8, 4) is 0 Å². The smallest absolute Gasteiger partial charge is 0.270 e. The third kappa shape index (κ3) is 17.2. The normalized spacial score (nSPS) is 18.2. The summed E-state index contributed by atoms with van der Waals surface area (Å²) in [4.78, 5) is 10.6. The molecule has 0 atom stereocenters. The molecule has 1 aliphatic heterocycles. The summed E-state index contributed by atoms with van der Waals surface area (Å²) in [5.41, 5.74) is 5.21. The maximum absolute atomic E-state index is 11.3. The molecule has 1 aromatic heterocycles. The van der Waals surface area contributed by atoms with E-state index in [0.717, 1.165) is 43.9 Å². The molecule has 0 radical (unpaired) electrons. The Morgan fingerprint density at radius 1 is 1.00 bits per heavy atom. The van der Waals surface area contributed by atoms with Crippen LogP contribution in [-0.4, -0.2) is 55.7 Å². The monoisotopic (exact) mass is 558 g/mol. The summed E-state index contributed by atoms with van der Waals surface area (Å²) in [6.07, 6.45) is 17.1. The van der Waals surface area contributed by atoms with Gasteiger partial charge in [-0.1, -0.05) is 91.6 Å². The number of carbonyl (C=O) groups is 1. The van der Waals surface area contributed by atoms with E-state index in [0.29, 0.717) is 25.0 Å². The van der Waals surface area contributed by atoms with Crippen LogP contribution in [0.15, 0.2) is 10.6 Å². The van der Waals surface area contributed by atoms with Gasteiger partial charge in [-0.3, -0.25) is 4.79 Å². The second kappa shape index (κ2) is 21.4. The van der Waals surface area contributed by atoms with Gasteiger partial charge in [0.2, 0.25) is 10.0 Å². The number of hydrogen-bond donors (Lipinski definition) is 2. The van der Waals surface area contributed by atoms with Gasteiger partial charge in [-0.15, -0.1) is 0 Å². The Labute approximate surface area is 233 Å². The largest absolute Gasteiger partial charge is 0.364 e. The number of sulfonamides is 1. The van der Waals surface area contributed by atoms with Crippen LogP contribution in [0.5, 0.6) is 0 Å². The van der Waals surface area contributed by atoms with Crippen molar-refractivity contribution < 1.29 is 17.7 Å². The average molecular weight is 559 g/mol. The molecule has 4 rings (SSSR count). The number of amides is 1. The quantitative estimate of drug-likeness (QED) is 0.370. The van der Waals surface area contributed by atoms with Crippen LogP contribution in [0.25, 0.3) is 0 Å². The molecule has 0 aromatic carbocycles. The SMILES string of the molecule is C1CCCCCC1.CC.CC.CC(C)CCNC1CCN(S(C)(=O)=O)CC1.NC(=O)c1cc(C2CC2)on1. The molecule has 1 amide bonds. The average Bonchev–Trinajstić information content (AvgIpc) is 3.70. The molecule has 2 saturated carbocycles. The van der Waals surface area contributed by atoms with Crippen molar-refractivity contribution in [2.45, 2.75) is 131 Å². The van der Waals surface area contributed by atoms with E-state index in [9.17, 15) is 13.2 Å². The number of hydrogen-bond acceptors (Lipinski definition) is 6. The fourth-order valence-corrected chi connectivity index (χ4v) is 5.04. The first-order valence-electron chi connectivity index (χ1n) is 15.1. The molecule has 2 aliphatic carbocycles. The lowest BCUT2D eigenvalue weighted by molar-refractivity contribution is 0.0991. The van der Waals surface area contributed by atoms with Crippen LogP contribution < -0.4 is 11.1 Å². The van der Waals surface area contributed by atoms with Crippen LogP contribution in [0.1, 0.15) is 141 Å². The first-order chi connectivity index (χ1) is 18.2. The molecular weight excluding hydrogens is 500 g/mol. The molecule has 3 aliphatic rings. The number of nitrogens with zero attached hydrogens (tertiary/aromatic N) is 2. The highest BCUT2D eigenvalue weighted by molar-refractivity contribution is 7.88. The minimum Gasteiger partial charge on any atom is -0.364 e. The van der Waals surface area contributed by atoms with Crippen LogP contribution in [0.3, 0.4) is 0 Å². The fraction of sp³-hybridized carbons (Fsp3) is 0.862. The van der Waals surface area contributed by atoms with Gasteiger partial charge in [-0.2, -0.15) is 0 Å². The maximum atomic E-state index is 11.3. The first-order valence-corrected chi connectivity index (χ1v) is 17.0. The van der Waals surface area contributed by atoms with Crippen molar-refractivity contribution in [2.24, 2.45) is 11.7 Å². The summed E-state index contributed by atoms with van der Waals surface area (Å²) in [7, 11) is -2.98. The van der Waals surface area contributed by atoms with Gasteiger partial charge in [-0.05, 0) is 44.6 Å². The van der Waals surface area contributed by atoms with Crippen LogP contribution in [0.4, 0.5) is 0 Å². The lowest BCUT2D eigenvalue weighted by Gasteiger charge is -2.30. The molecule has 1 aromatic rings. The number of piperidine rings is 1. The molecule has 3 fully saturated rings. The topological polar surface area (TPSA) is 119 Å². The number of nitrogens with one attached hydrogen (secondary N) is 1. The first kappa shape index (κ1) is 36.5. The summed E-state index contributed by atoms with van der Waals surface area (Å²) in [5.74, 6) is 1.47. The van der Waals surface area contributed by atoms with E-state index in [1.165, 1.54) is 57.6 Å². The van der Waals surface area contributed by atoms with Crippen LogP contribution in [0.2, 0.25) is 0 Å². The van der Waals surface area contributed by atoms with E-state index in [4.69, 9.17) is 10.3 Å². The second-order valence-electron chi connectivity index (χ2n) is 10.3. The summed E-state index contributed by atoms with van der Waals surface area (Å²) < 4.78 is 29.1. The van der Waals surface area contributed by atoms with E-state index in [2.05, 4.69) is 24.3 Å². The maximum Gasteiger partial charge on any atom is 0.270 e. The van der Waals surface area contributed by atoms with Gasteiger partial charge in [-0.25, -0.2) is 12.7 Å². The van der Waals surface area contributed by atoms with Gasteiger partial charge in [0.25, 0.3) is 5.91 Å². The molecule has 8 nitrogen and oxygen atoms in total. The minimum absolute atomic E-state index is 0.229. The molecule has 9 heteroatoms. The Kier molecular flexibility index (Phi) is 20.6. The molecule has 224 valence electrons. The van der Waals surface area contributed by atoms with Crippen molar-refractivity contribution in [2.75, 3.05) is 25.9 Å². The zero-order valence-corrected chi connectivity index (χ0v) is 26.2. The van der Waals surface area contributed by atoms with E-state index in [-0.39, 0.29) is 5.69 Å². The van der Waals surface area contributed by atoms with Gasteiger partial charge in [0, 0.05) is 31.1 Å². The molecular formula is C29H58N4O4S. The van der Waals surface area contributed by atoms with Crippen LogP contribution >= 0.6 is 0 Å².